The van der Waals surface area contributed by atoms with Crippen LogP contribution in [0, 0.1) is 17.1 Å². The van der Waals surface area contributed by atoms with Crippen LogP contribution in [0.4, 0.5) is 4.39 Å². The molecule has 7 heteroatoms. The summed E-state index contributed by atoms with van der Waals surface area (Å²) in [5, 5.41) is 12.1. The number of sulfone groups is 1. The molecule has 27 heavy (non-hydrogen) atoms. The first-order valence-electron chi connectivity index (χ1n) is 8.11. The summed E-state index contributed by atoms with van der Waals surface area (Å²) in [4.78, 5) is 12.7. The Morgan fingerprint density at radius 1 is 1.22 bits per heavy atom. The monoisotopic (exact) mass is 386 g/mol. The zero-order valence-corrected chi connectivity index (χ0v) is 15.8. The Labute approximate surface area is 158 Å². The summed E-state index contributed by atoms with van der Waals surface area (Å²) in [7, 11) is -3.76. The van der Waals surface area contributed by atoms with Crippen molar-refractivity contribution < 1.29 is 17.6 Å². The minimum atomic E-state index is -3.76. The first-order chi connectivity index (χ1) is 12.7. The fraction of sp³-hybridized carbons (Fsp3) is 0.200. The molecule has 1 amide bonds. The van der Waals surface area contributed by atoms with Gasteiger partial charge in [0.05, 0.1) is 16.4 Å². The second kappa shape index (κ2) is 8.14. The van der Waals surface area contributed by atoms with Crippen LogP contribution in [0.15, 0.2) is 64.9 Å². The lowest BCUT2D eigenvalue weighted by Crippen LogP contribution is -2.39. The molecule has 0 aliphatic heterocycles. The highest BCUT2D eigenvalue weighted by Gasteiger charge is 2.30. The van der Waals surface area contributed by atoms with E-state index >= 15 is 0 Å². The molecule has 5 nitrogen and oxygen atoms in total. The van der Waals surface area contributed by atoms with Crippen LogP contribution in [-0.2, 0) is 26.6 Å². The Morgan fingerprint density at radius 2 is 1.89 bits per heavy atom. The normalized spacial score (nSPS) is 11.9. The number of allylic oxidation sites excluding steroid dienone is 1. The Kier molecular flexibility index (Phi) is 6.13. The minimum absolute atomic E-state index is 0.00547. The number of rotatable bonds is 6. The molecule has 0 saturated carbocycles. The lowest BCUT2D eigenvalue weighted by atomic mass is 9.83. The quantitative estimate of drug-likeness (QED) is 0.772. The number of carbonyl (C=O) groups excluding carboxylic acids is 1. The van der Waals surface area contributed by atoms with Gasteiger partial charge < -0.3 is 5.32 Å². The van der Waals surface area contributed by atoms with Crippen molar-refractivity contribution in [2.75, 3.05) is 0 Å². The van der Waals surface area contributed by atoms with Crippen LogP contribution in [0.5, 0.6) is 0 Å². The van der Waals surface area contributed by atoms with Gasteiger partial charge in [-0.15, -0.1) is 0 Å². The molecule has 0 aliphatic rings. The maximum absolute atomic E-state index is 12.9. The summed E-state index contributed by atoms with van der Waals surface area (Å²) < 4.78 is 37.4. The summed E-state index contributed by atoms with van der Waals surface area (Å²) in [5.41, 5.74) is 0.272. The maximum Gasteiger partial charge on any atom is 0.230 e. The summed E-state index contributed by atoms with van der Waals surface area (Å²) in [6.07, 6.45) is 0.891. The van der Waals surface area contributed by atoms with Crippen LogP contribution < -0.4 is 5.32 Å². The molecule has 0 spiro atoms. The lowest BCUT2D eigenvalue weighted by Gasteiger charge is -2.24. The third-order valence-corrected chi connectivity index (χ3v) is 5.55. The number of nitriles is 1. The van der Waals surface area contributed by atoms with Gasteiger partial charge in [0.1, 0.15) is 5.82 Å². The Bertz CT molecular complexity index is 1000. The smallest absolute Gasteiger partial charge is 0.230 e. The van der Waals surface area contributed by atoms with Gasteiger partial charge in [-0.05, 0) is 49.2 Å². The molecule has 2 rings (SSSR count). The van der Waals surface area contributed by atoms with Crippen LogP contribution in [0.2, 0.25) is 0 Å². The number of nitrogens with zero attached hydrogens (tertiary/aromatic N) is 1. The third-order valence-electron chi connectivity index (χ3n) is 4.14. The van der Waals surface area contributed by atoms with Crippen molar-refractivity contribution in [3.63, 3.8) is 0 Å². The molecular formula is C20H19FN2O3S. The number of benzene rings is 2. The van der Waals surface area contributed by atoms with E-state index in [1.165, 1.54) is 24.3 Å². The molecule has 2 aromatic carbocycles. The number of hydrogen-bond donors (Lipinski definition) is 1. The van der Waals surface area contributed by atoms with Crippen LogP contribution >= 0.6 is 0 Å². The molecule has 0 radical (unpaired) electrons. The fourth-order valence-corrected chi connectivity index (χ4v) is 3.35. The Morgan fingerprint density at radius 3 is 2.52 bits per heavy atom. The number of carbonyl (C=O) groups is 1. The highest BCUT2D eigenvalue weighted by molar-refractivity contribution is 7.94. The highest BCUT2D eigenvalue weighted by Crippen LogP contribution is 2.26. The van der Waals surface area contributed by atoms with Crippen molar-refractivity contribution in [2.45, 2.75) is 30.7 Å². The van der Waals surface area contributed by atoms with Crippen LogP contribution in [-0.4, -0.2) is 14.3 Å². The molecule has 2 aromatic rings. The fourth-order valence-electron chi connectivity index (χ4n) is 2.40. The predicted octanol–water partition coefficient (Wildman–Crippen LogP) is 3.23. The van der Waals surface area contributed by atoms with Gasteiger partial charge in [0, 0.05) is 18.0 Å². The van der Waals surface area contributed by atoms with Gasteiger partial charge in [-0.3, -0.25) is 4.79 Å². The highest BCUT2D eigenvalue weighted by atomic mass is 32.2. The molecule has 140 valence electrons. The average Bonchev–Trinajstić information content (AvgIpc) is 2.65. The first-order valence-corrected chi connectivity index (χ1v) is 9.66. The topological polar surface area (TPSA) is 87.0 Å². The largest absolute Gasteiger partial charge is 0.351 e. The number of hydrogen-bond acceptors (Lipinski definition) is 4. The standard InChI is InChI=1S/C20H19FN2O3S/c1-20(2,19(24)23-14-15-7-9-17(21)10-8-15)16-5-3-6-18(13-16)27(25,26)12-4-11-22/h3-10,12-13H,14H2,1-2H3,(H,23,24)/b12-4+. The SMILES string of the molecule is CC(C)(C(=O)NCc1ccc(F)cc1)c1cccc(S(=O)(=O)/C=C/C#N)c1. The van der Waals surface area contributed by atoms with Gasteiger partial charge >= 0.3 is 0 Å². The summed E-state index contributed by atoms with van der Waals surface area (Å²) >= 11 is 0. The molecule has 0 aromatic heterocycles. The van der Waals surface area contributed by atoms with Crippen LogP contribution in [0.1, 0.15) is 25.0 Å². The summed E-state index contributed by atoms with van der Waals surface area (Å²) in [5.74, 6) is -0.650. The average molecular weight is 386 g/mol. The zero-order chi connectivity index (χ0) is 20.1. The second-order valence-corrected chi connectivity index (χ2v) is 8.27. The van der Waals surface area contributed by atoms with Gasteiger partial charge in [-0.1, -0.05) is 24.3 Å². The predicted molar refractivity (Wildman–Crippen MR) is 99.7 cm³/mol. The second-order valence-electron chi connectivity index (χ2n) is 6.44. The number of amides is 1. The van der Waals surface area contributed by atoms with Crippen molar-refractivity contribution >= 4 is 15.7 Å². The van der Waals surface area contributed by atoms with Crippen molar-refractivity contribution in [1.82, 2.24) is 5.32 Å². The molecule has 0 saturated heterocycles. The molecule has 0 atom stereocenters. The molecule has 1 N–H and O–H groups in total. The first kappa shape index (κ1) is 20.3. The molecule has 0 heterocycles. The van der Waals surface area contributed by atoms with Gasteiger partial charge in [0.25, 0.3) is 0 Å². The van der Waals surface area contributed by atoms with Crippen molar-refractivity contribution in [2.24, 2.45) is 0 Å². The summed E-state index contributed by atoms with van der Waals surface area (Å²) in [6, 6.07) is 13.5. The molecule has 0 fully saturated rings. The van der Waals surface area contributed by atoms with Crippen molar-refractivity contribution in [3.8, 4) is 6.07 Å². The number of halogens is 1. The van der Waals surface area contributed by atoms with Crippen molar-refractivity contribution in [3.05, 3.63) is 77.0 Å². The van der Waals surface area contributed by atoms with E-state index in [0.29, 0.717) is 5.56 Å². The van der Waals surface area contributed by atoms with Gasteiger partial charge in [-0.2, -0.15) is 5.26 Å². The van der Waals surface area contributed by atoms with E-state index in [4.69, 9.17) is 5.26 Å². The Hall–Kier alpha value is -2.98. The summed E-state index contributed by atoms with van der Waals surface area (Å²) in [6.45, 7) is 3.60. The van der Waals surface area contributed by atoms with E-state index in [1.54, 1.807) is 44.2 Å². The Balaban J connectivity index is 2.21. The third kappa shape index (κ3) is 5.02. The molecular weight excluding hydrogens is 367 g/mol. The number of nitrogens with one attached hydrogen (secondary N) is 1. The van der Waals surface area contributed by atoms with Gasteiger partial charge in [0.15, 0.2) is 0 Å². The zero-order valence-electron chi connectivity index (χ0n) is 14.9. The van der Waals surface area contributed by atoms with E-state index in [0.717, 1.165) is 17.0 Å². The molecule has 0 unspecified atom stereocenters. The van der Waals surface area contributed by atoms with E-state index in [1.807, 2.05) is 0 Å². The van der Waals surface area contributed by atoms with E-state index < -0.39 is 15.3 Å². The van der Waals surface area contributed by atoms with Crippen LogP contribution in [0.25, 0.3) is 0 Å². The van der Waals surface area contributed by atoms with Crippen LogP contribution in [0.3, 0.4) is 0 Å². The van der Waals surface area contributed by atoms with Gasteiger partial charge in [0.2, 0.25) is 15.7 Å². The molecule has 0 bridgehead atoms. The van der Waals surface area contributed by atoms with Gasteiger partial charge in [-0.25, -0.2) is 12.8 Å². The lowest BCUT2D eigenvalue weighted by molar-refractivity contribution is -0.125. The van der Waals surface area contributed by atoms with E-state index in [9.17, 15) is 17.6 Å². The molecule has 0 aliphatic carbocycles. The van der Waals surface area contributed by atoms with Crippen molar-refractivity contribution in [1.29, 1.82) is 5.26 Å². The van der Waals surface area contributed by atoms with E-state index in [2.05, 4.69) is 5.32 Å². The van der Waals surface area contributed by atoms with E-state index in [-0.39, 0.29) is 23.2 Å². The maximum atomic E-state index is 12.9. The minimum Gasteiger partial charge on any atom is -0.351 e.